The third-order valence-corrected chi connectivity index (χ3v) is 6.22. The SMILES string of the molecule is CC(C)(O)c1ccc(NC(=O)c2ccsc2Nc2cccc(CN3CCCC3)n2)cc1. The number of carbonyl (C=O) groups excluding carboxylic acids is 1. The van der Waals surface area contributed by atoms with Crippen molar-refractivity contribution in [3.63, 3.8) is 0 Å². The Kier molecular flexibility index (Phi) is 6.36. The van der Waals surface area contributed by atoms with Gasteiger partial charge in [0.05, 0.1) is 16.9 Å². The van der Waals surface area contributed by atoms with E-state index >= 15 is 0 Å². The average molecular weight is 437 g/mol. The summed E-state index contributed by atoms with van der Waals surface area (Å²) in [6, 6.07) is 15.0. The van der Waals surface area contributed by atoms with Crippen LogP contribution in [-0.2, 0) is 12.1 Å². The molecular weight excluding hydrogens is 408 g/mol. The van der Waals surface area contributed by atoms with Crippen molar-refractivity contribution in [1.29, 1.82) is 0 Å². The van der Waals surface area contributed by atoms with Gasteiger partial charge in [0, 0.05) is 12.2 Å². The van der Waals surface area contributed by atoms with E-state index in [0.717, 1.165) is 41.7 Å². The Morgan fingerprint density at radius 2 is 1.87 bits per heavy atom. The topological polar surface area (TPSA) is 77.5 Å². The van der Waals surface area contributed by atoms with E-state index in [0.29, 0.717) is 11.3 Å². The van der Waals surface area contributed by atoms with E-state index < -0.39 is 5.60 Å². The zero-order valence-electron chi connectivity index (χ0n) is 17.9. The number of thiophene rings is 1. The van der Waals surface area contributed by atoms with E-state index in [1.54, 1.807) is 26.0 Å². The Bertz CT molecular complexity index is 1030. The minimum Gasteiger partial charge on any atom is -0.386 e. The predicted octanol–water partition coefficient (Wildman–Crippen LogP) is 4.96. The Labute approximate surface area is 186 Å². The number of hydrogen-bond acceptors (Lipinski definition) is 6. The summed E-state index contributed by atoms with van der Waals surface area (Å²) in [7, 11) is 0. The number of nitrogens with zero attached hydrogens (tertiary/aromatic N) is 2. The first-order chi connectivity index (χ1) is 14.9. The number of benzene rings is 1. The van der Waals surface area contributed by atoms with Crippen molar-refractivity contribution >= 4 is 33.8 Å². The largest absolute Gasteiger partial charge is 0.386 e. The van der Waals surface area contributed by atoms with Crippen molar-refractivity contribution in [2.24, 2.45) is 0 Å². The van der Waals surface area contributed by atoms with Gasteiger partial charge in [-0.15, -0.1) is 11.3 Å². The molecule has 0 radical (unpaired) electrons. The monoisotopic (exact) mass is 436 g/mol. The van der Waals surface area contributed by atoms with Gasteiger partial charge in [-0.2, -0.15) is 0 Å². The van der Waals surface area contributed by atoms with Gasteiger partial charge in [0.25, 0.3) is 5.91 Å². The van der Waals surface area contributed by atoms with E-state index in [4.69, 9.17) is 4.98 Å². The van der Waals surface area contributed by atoms with Crippen LogP contribution in [0, 0.1) is 0 Å². The zero-order valence-corrected chi connectivity index (χ0v) is 18.7. The second kappa shape index (κ2) is 9.18. The predicted molar refractivity (Wildman–Crippen MR) is 126 cm³/mol. The summed E-state index contributed by atoms with van der Waals surface area (Å²) in [6.45, 7) is 6.58. The normalized spacial score (nSPS) is 14.5. The Morgan fingerprint density at radius 3 is 2.58 bits per heavy atom. The first-order valence-corrected chi connectivity index (χ1v) is 11.4. The Morgan fingerprint density at radius 1 is 1.13 bits per heavy atom. The lowest BCUT2D eigenvalue weighted by Crippen LogP contribution is -2.19. The third kappa shape index (κ3) is 5.50. The highest BCUT2D eigenvalue weighted by Gasteiger charge is 2.17. The number of anilines is 3. The molecule has 0 bridgehead atoms. The molecule has 1 saturated heterocycles. The molecule has 162 valence electrons. The molecule has 0 spiro atoms. The summed E-state index contributed by atoms with van der Waals surface area (Å²) < 4.78 is 0. The van der Waals surface area contributed by atoms with Crippen LogP contribution in [0.2, 0.25) is 0 Å². The lowest BCUT2D eigenvalue weighted by Gasteiger charge is -2.18. The van der Waals surface area contributed by atoms with Crippen LogP contribution in [0.4, 0.5) is 16.5 Å². The van der Waals surface area contributed by atoms with Crippen LogP contribution in [0.1, 0.15) is 48.3 Å². The number of nitrogens with one attached hydrogen (secondary N) is 2. The van der Waals surface area contributed by atoms with Crippen LogP contribution >= 0.6 is 11.3 Å². The van der Waals surface area contributed by atoms with Crippen molar-refractivity contribution < 1.29 is 9.90 Å². The Balaban J connectivity index is 1.43. The van der Waals surface area contributed by atoms with Crippen molar-refractivity contribution in [2.75, 3.05) is 23.7 Å². The first-order valence-electron chi connectivity index (χ1n) is 10.6. The van der Waals surface area contributed by atoms with Crippen LogP contribution in [0.25, 0.3) is 0 Å². The van der Waals surface area contributed by atoms with Gasteiger partial charge in [0.1, 0.15) is 10.8 Å². The quantitative estimate of drug-likeness (QED) is 0.488. The number of amides is 1. The third-order valence-electron chi connectivity index (χ3n) is 5.39. The Hall–Kier alpha value is -2.74. The van der Waals surface area contributed by atoms with Crippen molar-refractivity contribution in [1.82, 2.24) is 9.88 Å². The van der Waals surface area contributed by atoms with Crippen LogP contribution in [0.15, 0.2) is 53.9 Å². The molecule has 0 aliphatic carbocycles. The maximum atomic E-state index is 12.8. The fourth-order valence-electron chi connectivity index (χ4n) is 3.67. The van der Waals surface area contributed by atoms with Crippen LogP contribution in [-0.4, -0.2) is 34.0 Å². The van der Waals surface area contributed by atoms with Gasteiger partial charge >= 0.3 is 0 Å². The summed E-state index contributed by atoms with van der Waals surface area (Å²) in [6.07, 6.45) is 2.51. The van der Waals surface area contributed by atoms with Crippen molar-refractivity contribution in [2.45, 2.75) is 38.8 Å². The van der Waals surface area contributed by atoms with Gasteiger partial charge in [-0.05, 0) is 81.1 Å². The second-order valence-electron chi connectivity index (χ2n) is 8.38. The molecule has 1 amide bonds. The van der Waals surface area contributed by atoms with Gasteiger partial charge < -0.3 is 15.7 Å². The maximum Gasteiger partial charge on any atom is 0.258 e. The molecule has 2 aromatic heterocycles. The fraction of sp³-hybridized carbons (Fsp3) is 0.333. The summed E-state index contributed by atoms with van der Waals surface area (Å²) >= 11 is 1.47. The standard InChI is InChI=1S/C24H28N4O2S/c1-24(2,30)17-8-10-18(11-9-17)26-22(29)20-12-15-31-23(20)27-21-7-5-6-19(25-21)16-28-13-3-4-14-28/h5-12,15,30H,3-4,13-14,16H2,1-2H3,(H,25,27)(H,26,29). The van der Waals surface area contributed by atoms with E-state index in [1.165, 1.54) is 24.2 Å². The van der Waals surface area contributed by atoms with E-state index in [9.17, 15) is 9.90 Å². The van der Waals surface area contributed by atoms with Gasteiger partial charge in [0.2, 0.25) is 0 Å². The molecule has 1 aliphatic rings. The molecule has 7 heteroatoms. The molecule has 0 unspecified atom stereocenters. The molecule has 3 aromatic rings. The number of pyridine rings is 1. The highest BCUT2D eigenvalue weighted by molar-refractivity contribution is 7.14. The fourth-order valence-corrected chi connectivity index (χ4v) is 4.46. The molecule has 3 heterocycles. The zero-order chi connectivity index (χ0) is 21.8. The highest BCUT2D eigenvalue weighted by Crippen LogP contribution is 2.28. The number of aliphatic hydroxyl groups is 1. The highest BCUT2D eigenvalue weighted by atomic mass is 32.1. The molecule has 1 fully saturated rings. The van der Waals surface area contributed by atoms with Gasteiger partial charge in [-0.3, -0.25) is 9.69 Å². The van der Waals surface area contributed by atoms with Crippen molar-refractivity contribution in [3.8, 4) is 0 Å². The number of aromatic nitrogens is 1. The minimum atomic E-state index is -0.913. The van der Waals surface area contributed by atoms with Crippen molar-refractivity contribution in [3.05, 3.63) is 70.7 Å². The van der Waals surface area contributed by atoms with Crippen LogP contribution in [0.5, 0.6) is 0 Å². The molecule has 0 saturated carbocycles. The molecular formula is C24H28N4O2S. The molecule has 3 N–H and O–H groups in total. The second-order valence-corrected chi connectivity index (χ2v) is 9.29. The van der Waals surface area contributed by atoms with Gasteiger partial charge in [0.15, 0.2) is 0 Å². The first kappa shape index (κ1) is 21.5. The molecule has 0 atom stereocenters. The molecule has 1 aromatic carbocycles. The summed E-state index contributed by atoms with van der Waals surface area (Å²) in [5.41, 5.74) is 2.16. The average Bonchev–Trinajstić information content (AvgIpc) is 3.40. The number of hydrogen-bond donors (Lipinski definition) is 3. The summed E-state index contributed by atoms with van der Waals surface area (Å²) in [4.78, 5) is 20.0. The molecule has 31 heavy (non-hydrogen) atoms. The number of rotatable bonds is 7. The molecule has 6 nitrogen and oxygen atoms in total. The lowest BCUT2D eigenvalue weighted by molar-refractivity contribution is 0.0786. The molecule has 4 rings (SSSR count). The van der Waals surface area contributed by atoms with Gasteiger partial charge in [-0.25, -0.2) is 4.98 Å². The summed E-state index contributed by atoms with van der Waals surface area (Å²) in [5, 5.41) is 19.0. The van der Waals surface area contributed by atoms with Crippen LogP contribution < -0.4 is 10.6 Å². The smallest absolute Gasteiger partial charge is 0.258 e. The van der Waals surface area contributed by atoms with E-state index in [-0.39, 0.29) is 5.91 Å². The maximum absolute atomic E-state index is 12.8. The van der Waals surface area contributed by atoms with E-state index in [2.05, 4.69) is 15.5 Å². The lowest BCUT2D eigenvalue weighted by atomic mass is 9.98. The van der Waals surface area contributed by atoms with E-state index in [1.807, 2.05) is 41.8 Å². The molecule has 1 aliphatic heterocycles. The summed E-state index contributed by atoms with van der Waals surface area (Å²) in [5.74, 6) is 0.552. The number of carbonyl (C=O) groups is 1. The minimum absolute atomic E-state index is 0.187. The number of likely N-dealkylation sites (tertiary alicyclic amines) is 1. The van der Waals surface area contributed by atoms with Crippen LogP contribution in [0.3, 0.4) is 0 Å². The van der Waals surface area contributed by atoms with Gasteiger partial charge in [-0.1, -0.05) is 18.2 Å².